The lowest BCUT2D eigenvalue weighted by atomic mass is 10.1. The van der Waals surface area contributed by atoms with Gasteiger partial charge in [0.15, 0.2) is 11.5 Å². The Hall–Kier alpha value is -2.99. The van der Waals surface area contributed by atoms with E-state index in [1.807, 2.05) is 31.2 Å². The van der Waals surface area contributed by atoms with E-state index in [0.29, 0.717) is 29.7 Å². The fourth-order valence-corrected chi connectivity index (χ4v) is 3.46. The minimum atomic E-state index is -0.223. The number of fused-ring (bicyclic) bond motifs is 1. The summed E-state index contributed by atoms with van der Waals surface area (Å²) >= 11 is 6.23. The number of carbonyl (C=O) groups excluding carboxylic acids is 2. The van der Waals surface area contributed by atoms with Crippen LogP contribution in [0.4, 0.5) is 5.69 Å². The topological polar surface area (TPSA) is 76.7 Å². The maximum Gasteiger partial charge on any atom is 0.244 e. The highest BCUT2D eigenvalue weighted by molar-refractivity contribution is 6.32. The molecule has 4 rings (SSSR count). The van der Waals surface area contributed by atoms with E-state index in [0.717, 1.165) is 29.7 Å². The Morgan fingerprint density at radius 2 is 1.87 bits per heavy atom. The van der Waals surface area contributed by atoms with Gasteiger partial charge in [0.1, 0.15) is 13.2 Å². The molecule has 1 fully saturated rings. The number of ether oxygens (including phenoxy) is 2. The Morgan fingerprint density at radius 3 is 2.60 bits per heavy atom. The van der Waals surface area contributed by atoms with Crippen LogP contribution < -0.4 is 20.1 Å². The summed E-state index contributed by atoms with van der Waals surface area (Å²) in [6.07, 6.45) is 5.09. The summed E-state index contributed by atoms with van der Waals surface area (Å²) < 4.78 is 11.1. The second-order valence-corrected chi connectivity index (χ2v) is 7.88. The molecule has 6 nitrogen and oxygen atoms in total. The van der Waals surface area contributed by atoms with E-state index >= 15 is 0 Å². The maximum atomic E-state index is 12.3. The van der Waals surface area contributed by atoms with Crippen molar-refractivity contribution in [2.75, 3.05) is 18.5 Å². The van der Waals surface area contributed by atoms with Gasteiger partial charge in [-0.3, -0.25) is 9.59 Å². The molecule has 156 valence electrons. The van der Waals surface area contributed by atoms with Crippen molar-refractivity contribution in [3.05, 3.63) is 58.6 Å². The van der Waals surface area contributed by atoms with Gasteiger partial charge in [-0.05, 0) is 61.2 Å². The molecule has 2 aromatic carbocycles. The van der Waals surface area contributed by atoms with Crippen molar-refractivity contribution in [1.82, 2.24) is 5.32 Å². The van der Waals surface area contributed by atoms with Crippen molar-refractivity contribution in [3.8, 4) is 11.5 Å². The average molecular weight is 427 g/mol. The molecule has 2 N–H and O–H groups in total. The van der Waals surface area contributed by atoms with E-state index < -0.39 is 0 Å². The molecular formula is C23H23ClN2O4. The standard InChI is InChI=1S/C23H23ClN2O4/c1-14(16-5-7-18(8-6-16)26-23(28)17-3-4-17)25-21(27)9-2-15-12-19(24)22-20(13-15)29-10-11-30-22/h2,5-9,12-14,17H,3-4,10-11H2,1H3,(H,25,27)(H,26,28)/b9-2+. The Kier molecular flexibility index (Phi) is 5.95. The molecule has 0 radical (unpaired) electrons. The van der Waals surface area contributed by atoms with Crippen LogP contribution in [0.3, 0.4) is 0 Å². The molecular weight excluding hydrogens is 404 g/mol. The Bertz CT molecular complexity index is 983. The Morgan fingerprint density at radius 1 is 1.13 bits per heavy atom. The summed E-state index contributed by atoms with van der Waals surface area (Å²) in [5.41, 5.74) is 2.47. The zero-order valence-electron chi connectivity index (χ0n) is 16.6. The number of benzene rings is 2. The van der Waals surface area contributed by atoms with E-state index in [-0.39, 0.29) is 23.8 Å². The van der Waals surface area contributed by atoms with Crippen molar-refractivity contribution < 1.29 is 19.1 Å². The van der Waals surface area contributed by atoms with Crippen LogP contribution >= 0.6 is 11.6 Å². The van der Waals surface area contributed by atoms with Crippen LogP contribution in [0.25, 0.3) is 6.08 Å². The van der Waals surface area contributed by atoms with Crippen molar-refractivity contribution in [3.63, 3.8) is 0 Å². The normalized spacial score (nSPS) is 16.2. The zero-order valence-corrected chi connectivity index (χ0v) is 17.4. The predicted molar refractivity (Wildman–Crippen MR) is 116 cm³/mol. The SMILES string of the molecule is CC(NC(=O)/C=C/c1cc(Cl)c2c(c1)OCCO2)c1ccc(NC(=O)C2CC2)cc1. The van der Waals surface area contributed by atoms with Crippen LogP contribution in [0.2, 0.25) is 5.02 Å². The number of hydrogen-bond donors (Lipinski definition) is 2. The van der Waals surface area contributed by atoms with Crippen molar-refractivity contribution in [2.45, 2.75) is 25.8 Å². The minimum Gasteiger partial charge on any atom is -0.486 e. The molecule has 30 heavy (non-hydrogen) atoms. The first kappa shape index (κ1) is 20.3. The van der Waals surface area contributed by atoms with Crippen LogP contribution in [0, 0.1) is 5.92 Å². The molecule has 2 aromatic rings. The predicted octanol–water partition coefficient (Wildman–Crippen LogP) is 4.35. The van der Waals surface area contributed by atoms with Crippen LogP contribution in [-0.2, 0) is 9.59 Å². The molecule has 0 spiro atoms. The second-order valence-electron chi connectivity index (χ2n) is 7.48. The molecule has 0 bridgehead atoms. The number of carbonyl (C=O) groups is 2. The van der Waals surface area contributed by atoms with Crippen LogP contribution in [0.1, 0.15) is 36.9 Å². The first-order valence-corrected chi connectivity index (χ1v) is 10.4. The van der Waals surface area contributed by atoms with E-state index in [1.165, 1.54) is 6.08 Å². The van der Waals surface area contributed by atoms with E-state index in [2.05, 4.69) is 10.6 Å². The number of hydrogen-bond acceptors (Lipinski definition) is 4. The molecule has 1 aliphatic carbocycles. The first-order chi connectivity index (χ1) is 14.5. The average Bonchev–Trinajstić information content (AvgIpc) is 3.58. The summed E-state index contributed by atoms with van der Waals surface area (Å²) in [7, 11) is 0. The van der Waals surface area contributed by atoms with Gasteiger partial charge in [-0.25, -0.2) is 0 Å². The fraction of sp³-hybridized carbons (Fsp3) is 0.304. The quantitative estimate of drug-likeness (QED) is 0.673. The largest absolute Gasteiger partial charge is 0.486 e. The number of nitrogens with one attached hydrogen (secondary N) is 2. The lowest BCUT2D eigenvalue weighted by molar-refractivity contribution is -0.118. The fourth-order valence-electron chi connectivity index (χ4n) is 3.19. The molecule has 1 unspecified atom stereocenters. The summed E-state index contributed by atoms with van der Waals surface area (Å²) in [6, 6.07) is 10.9. The lowest BCUT2D eigenvalue weighted by Crippen LogP contribution is -2.24. The third-order valence-corrected chi connectivity index (χ3v) is 5.31. The molecule has 7 heteroatoms. The van der Waals surface area contributed by atoms with Gasteiger partial charge in [0, 0.05) is 17.7 Å². The van der Waals surface area contributed by atoms with E-state index in [1.54, 1.807) is 18.2 Å². The van der Waals surface area contributed by atoms with Crippen LogP contribution in [-0.4, -0.2) is 25.0 Å². The molecule has 2 amide bonds. The molecule has 2 aliphatic rings. The van der Waals surface area contributed by atoms with Gasteiger partial charge >= 0.3 is 0 Å². The van der Waals surface area contributed by atoms with E-state index in [9.17, 15) is 9.59 Å². The van der Waals surface area contributed by atoms with Crippen molar-refractivity contribution >= 4 is 35.2 Å². The first-order valence-electron chi connectivity index (χ1n) is 9.98. The summed E-state index contributed by atoms with van der Waals surface area (Å²) in [5, 5.41) is 6.29. The second kappa shape index (κ2) is 8.79. The Balaban J connectivity index is 1.34. The highest BCUT2D eigenvalue weighted by atomic mass is 35.5. The van der Waals surface area contributed by atoms with Gasteiger partial charge in [0.05, 0.1) is 11.1 Å². The number of rotatable bonds is 6. The minimum absolute atomic E-state index is 0.0773. The highest BCUT2D eigenvalue weighted by Crippen LogP contribution is 2.38. The van der Waals surface area contributed by atoms with Gasteiger partial charge in [0.2, 0.25) is 11.8 Å². The van der Waals surface area contributed by atoms with Gasteiger partial charge in [-0.15, -0.1) is 0 Å². The molecule has 1 saturated carbocycles. The third kappa shape index (κ3) is 4.94. The summed E-state index contributed by atoms with van der Waals surface area (Å²) in [5.74, 6) is 1.14. The molecule has 0 saturated heterocycles. The molecule has 1 atom stereocenters. The number of halogens is 1. The van der Waals surface area contributed by atoms with Crippen molar-refractivity contribution in [2.24, 2.45) is 5.92 Å². The van der Waals surface area contributed by atoms with Crippen LogP contribution in [0.15, 0.2) is 42.5 Å². The van der Waals surface area contributed by atoms with Gasteiger partial charge in [-0.1, -0.05) is 23.7 Å². The van der Waals surface area contributed by atoms with Gasteiger partial charge < -0.3 is 20.1 Å². The molecule has 0 aromatic heterocycles. The van der Waals surface area contributed by atoms with Crippen molar-refractivity contribution in [1.29, 1.82) is 0 Å². The summed E-state index contributed by atoms with van der Waals surface area (Å²) in [6.45, 7) is 2.85. The number of anilines is 1. The molecule has 1 heterocycles. The maximum absolute atomic E-state index is 12.3. The van der Waals surface area contributed by atoms with Gasteiger partial charge in [0.25, 0.3) is 0 Å². The summed E-state index contributed by atoms with van der Waals surface area (Å²) in [4.78, 5) is 24.2. The smallest absolute Gasteiger partial charge is 0.244 e. The third-order valence-electron chi connectivity index (χ3n) is 5.03. The zero-order chi connectivity index (χ0) is 21.1. The van der Waals surface area contributed by atoms with Gasteiger partial charge in [-0.2, -0.15) is 0 Å². The monoisotopic (exact) mass is 426 g/mol. The lowest BCUT2D eigenvalue weighted by Gasteiger charge is -2.19. The molecule has 1 aliphatic heterocycles. The highest BCUT2D eigenvalue weighted by Gasteiger charge is 2.29. The van der Waals surface area contributed by atoms with Crippen LogP contribution in [0.5, 0.6) is 11.5 Å². The number of amides is 2. The Labute approximate surface area is 180 Å². The van der Waals surface area contributed by atoms with E-state index in [4.69, 9.17) is 21.1 Å².